The summed E-state index contributed by atoms with van der Waals surface area (Å²) in [6.07, 6.45) is 3.53. The summed E-state index contributed by atoms with van der Waals surface area (Å²) in [5.74, 6) is 0.00457. The molecule has 1 aromatic rings. The monoisotopic (exact) mass is 235 g/mol. The van der Waals surface area contributed by atoms with Crippen LogP contribution in [0.3, 0.4) is 0 Å². The molecule has 2 nitrogen and oxygen atoms in total. The van der Waals surface area contributed by atoms with E-state index < -0.39 is 5.82 Å². The number of hydrogen-bond acceptors (Lipinski definition) is 1. The average Bonchev–Trinajstić information content (AvgIpc) is 3.00. The van der Waals surface area contributed by atoms with Gasteiger partial charge in [-0.25, -0.2) is 4.39 Å². The van der Waals surface area contributed by atoms with Crippen molar-refractivity contribution in [1.29, 1.82) is 0 Å². The third kappa shape index (κ3) is 3.29. The minimum Gasteiger partial charge on any atom is -0.349 e. The SMILES string of the molecule is Cc1ccc(C(=O)NC(C)CC2CC2)c(F)c1. The summed E-state index contributed by atoms with van der Waals surface area (Å²) >= 11 is 0. The molecule has 0 heterocycles. The Morgan fingerprint density at radius 1 is 1.53 bits per heavy atom. The lowest BCUT2D eigenvalue weighted by Gasteiger charge is -2.13. The zero-order valence-electron chi connectivity index (χ0n) is 10.3. The van der Waals surface area contributed by atoms with Gasteiger partial charge in [0.25, 0.3) is 5.91 Å². The number of carbonyl (C=O) groups excluding carboxylic acids is 1. The van der Waals surface area contributed by atoms with Crippen molar-refractivity contribution >= 4 is 5.91 Å². The predicted octanol–water partition coefficient (Wildman–Crippen LogP) is 3.05. The van der Waals surface area contributed by atoms with Crippen LogP contribution in [0.25, 0.3) is 0 Å². The summed E-state index contributed by atoms with van der Waals surface area (Å²) in [4.78, 5) is 11.8. The first kappa shape index (κ1) is 12.1. The molecule has 1 aliphatic carbocycles. The van der Waals surface area contributed by atoms with Crippen molar-refractivity contribution in [3.63, 3.8) is 0 Å². The normalized spacial score (nSPS) is 16.6. The number of amides is 1. The smallest absolute Gasteiger partial charge is 0.254 e. The molecule has 2 rings (SSSR count). The van der Waals surface area contributed by atoms with Crippen LogP contribution in [-0.4, -0.2) is 11.9 Å². The highest BCUT2D eigenvalue weighted by molar-refractivity contribution is 5.94. The molecule has 1 aromatic carbocycles. The maximum atomic E-state index is 13.6. The van der Waals surface area contributed by atoms with E-state index in [0.717, 1.165) is 17.9 Å². The minimum atomic E-state index is -0.443. The Morgan fingerprint density at radius 3 is 2.82 bits per heavy atom. The molecule has 0 spiro atoms. The molecule has 17 heavy (non-hydrogen) atoms. The lowest BCUT2D eigenvalue weighted by Crippen LogP contribution is -2.33. The molecule has 1 atom stereocenters. The molecule has 92 valence electrons. The van der Waals surface area contributed by atoms with Crippen LogP contribution in [0.5, 0.6) is 0 Å². The standard InChI is InChI=1S/C14H18FNO/c1-9-3-6-12(13(15)7-9)14(17)16-10(2)8-11-4-5-11/h3,6-7,10-11H,4-5,8H2,1-2H3,(H,16,17). The zero-order chi connectivity index (χ0) is 12.4. The van der Waals surface area contributed by atoms with Gasteiger partial charge < -0.3 is 5.32 Å². The van der Waals surface area contributed by atoms with Gasteiger partial charge in [-0.1, -0.05) is 18.9 Å². The van der Waals surface area contributed by atoms with Gasteiger partial charge >= 0.3 is 0 Å². The van der Waals surface area contributed by atoms with Gasteiger partial charge in [0.1, 0.15) is 5.82 Å². The van der Waals surface area contributed by atoms with Crippen molar-refractivity contribution in [2.24, 2.45) is 5.92 Å². The van der Waals surface area contributed by atoms with Crippen molar-refractivity contribution in [2.45, 2.75) is 39.2 Å². The topological polar surface area (TPSA) is 29.1 Å². The fraction of sp³-hybridized carbons (Fsp3) is 0.500. The van der Waals surface area contributed by atoms with E-state index in [-0.39, 0.29) is 17.5 Å². The van der Waals surface area contributed by atoms with Crippen molar-refractivity contribution in [3.05, 3.63) is 35.1 Å². The van der Waals surface area contributed by atoms with Crippen LogP contribution in [0.2, 0.25) is 0 Å². The zero-order valence-corrected chi connectivity index (χ0v) is 10.3. The van der Waals surface area contributed by atoms with Gasteiger partial charge in [0, 0.05) is 6.04 Å². The number of aryl methyl sites for hydroxylation is 1. The van der Waals surface area contributed by atoms with Crippen LogP contribution < -0.4 is 5.32 Å². The number of carbonyl (C=O) groups is 1. The summed E-state index contributed by atoms with van der Waals surface area (Å²) in [6, 6.07) is 4.81. The first-order chi connectivity index (χ1) is 8.06. The van der Waals surface area contributed by atoms with E-state index in [9.17, 15) is 9.18 Å². The second-order valence-electron chi connectivity index (χ2n) is 5.04. The van der Waals surface area contributed by atoms with Crippen LogP contribution in [0.1, 0.15) is 42.1 Å². The molecule has 1 N–H and O–H groups in total. The molecule has 1 fully saturated rings. The summed E-state index contributed by atoms with van der Waals surface area (Å²) < 4.78 is 13.6. The van der Waals surface area contributed by atoms with Crippen molar-refractivity contribution in [2.75, 3.05) is 0 Å². The Kier molecular flexibility index (Phi) is 3.46. The molecular weight excluding hydrogens is 217 g/mol. The molecule has 1 aliphatic rings. The van der Waals surface area contributed by atoms with E-state index in [1.807, 2.05) is 6.92 Å². The minimum absolute atomic E-state index is 0.121. The third-order valence-electron chi connectivity index (χ3n) is 3.13. The second-order valence-corrected chi connectivity index (χ2v) is 5.04. The van der Waals surface area contributed by atoms with Gasteiger partial charge in [0.05, 0.1) is 5.56 Å². The van der Waals surface area contributed by atoms with Crippen LogP contribution in [0, 0.1) is 18.7 Å². The van der Waals surface area contributed by atoms with E-state index in [1.165, 1.54) is 18.9 Å². The van der Waals surface area contributed by atoms with Gasteiger partial charge in [-0.05, 0) is 43.9 Å². The van der Waals surface area contributed by atoms with E-state index in [0.29, 0.717) is 0 Å². The summed E-state index contributed by atoms with van der Waals surface area (Å²) in [5.41, 5.74) is 0.961. The van der Waals surface area contributed by atoms with Crippen LogP contribution in [0.15, 0.2) is 18.2 Å². The molecule has 0 aliphatic heterocycles. The average molecular weight is 235 g/mol. The first-order valence-corrected chi connectivity index (χ1v) is 6.13. The molecular formula is C14H18FNO. The Hall–Kier alpha value is -1.38. The molecule has 1 saturated carbocycles. The highest BCUT2D eigenvalue weighted by Crippen LogP contribution is 2.33. The van der Waals surface area contributed by atoms with Gasteiger partial charge in [-0.2, -0.15) is 0 Å². The fourth-order valence-corrected chi connectivity index (χ4v) is 2.02. The number of nitrogens with one attached hydrogen (secondary N) is 1. The Morgan fingerprint density at radius 2 is 2.24 bits per heavy atom. The number of hydrogen-bond donors (Lipinski definition) is 1. The van der Waals surface area contributed by atoms with Gasteiger partial charge in [-0.3, -0.25) is 4.79 Å². The first-order valence-electron chi connectivity index (χ1n) is 6.13. The van der Waals surface area contributed by atoms with Crippen molar-refractivity contribution in [3.8, 4) is 0 Å². The molecule has 1 unspecified atom stereocenters. The third-order valence-corrected chi connectivity index (χ3v) is 3.13. The molecule has 0 aromatic heterocycles. The maximum absolute atomic E-state index is 13.6. The largest absolute Gasteiger partial charge is 0.349 e. The predicted molar refractivity (Wildman–Crippen MR) is 65.4 cm³/mol. The Bertz CT molecular complexity index is 426. The number of rotatable bonds is 4. The van der Waals surface area contributed by atoms with Gasteiger partial charge in [-0.15, -0.1) is 0 Å². The van der Waals surface area contributed by atoms with E-state index in [1.54, 1.807) is 19.1 Å². The van der Waals surface area contributed by atoms with Gasteiger partial charge in [0.2, 0.25) is 0 Å². The van der Waals surface area contributed by atoms with Crippen molar-refractivity contribution < 1.29 is 9.18 Å². The molecule has 0 bridgehead atoms. The highest BCUT2D eigenvalue weighted by Gasteiger charge is 2.24. The molecule has 3 heteroatoms. The number of halogens is 1. The highest BCUT2D eigenvalue weighted by atomic mass is 19.1. The molecule has 0 saturated heterocycles. The van der Waals surface area contributed by atoms with Crippen molar-refractivity contribution in [1.82, 2.24) is 5.32 Å². The van der Waals surface area contributed by atoms with E-state index >= 15 is 0 Å². The second kappa shape index (κ2) is 4.86. The van der Waals surface area contributed by atoms with E-state index in [2.05, 4.69) is 5.32 Å². The van der Waals surface area contributed by atoms with Crippen LogP contribution in [0.4, 0.5) is 4.39 Å². The summed E-state index contributed by atoms with van der Waals surface area (Å²) in [5, 5.41) is 2.85. The quantitative estimate of drug-likeness (QED) is 0.853. The Labute approximate surface area is 101 Å². The maximum Gasteiger partial charge on any atom is 0.254 e. The summed E-state index contributed by atoms with van der Waals surface area (Å²) in [6.45, 7) is 3.78. The number of benzene rings is 1. The van der Waals surface area contributed by atoms with Gasteiger partial charge in [0.15, 0.2) is 0 Å². The molecule has 0 radical (unpaired) electrons. The lowest BCUT2D eigenvalue weighted by molar-refractivity contribution is 0.0933. The fourth-order valence-electron chi connectivity index (χ4n) is 2.02. The summed E-state index contributed by atoms with van der Waals surface area (Å²) in [7, 11) is 0. The van der Waals surface area contributed by atoms with E-state index in [4.69, 9.17) is 0 Å². The van der Waals surface area contributed by atoms with Crippen LogP contribution >= 0.6 is 0 Å². The Balaban J connectivity index is 1.98. The lowest BCUT2D eigenvalue weighted by atomic mass is 10.1. The van der Waals surface area contributed by atoms with Crippen LogP contribution in [-0.2, 0) is 0 Å². The molecule has 1 amide bonds.